The molecule has 8 aromatic rings. The van der Waals surface area contributed by atoms with Gasteiger partial charge in [0, 0.05) is 23.8 Å². The van der Waals surface area contributed by atoms with Crippen LogP contribution < -0.4 is 26.8 Å². The summed E-state index contributed by atoms with van der Waals surface area (Å²) in [6.45, 7) is 5.44. The number of halogens is 4. The standard InChI is InChI=1S/C19H16F2N6O.C19H16F2N6/c1-10-16(27-9-11(20)3-8-14(27)23-10)19-25-17(22)15(21)18(26-19)24-12-4-6-13(28-2)7-5-12;1-10-3-6-13(7-4-10)24-18-15(21)17(22)25-19(26-18)16-11(2)23-14-8-5-12(20)9-27(14)16/h3-9H,1-2H3,(H3,22,24,25,26);3-9H,1-2H3,(H3,22,24,25,26). The van der Waals surface area contributed by atoms with Crippen LogP contribution >= 0.6 is 0 Å². The number of ether oxygens (including phenoxy) is 1. The second-order valence-corrected chi connectivity index (χ2v) is 12.3. The number of nitrogen functional groups attached to an aromatic ring is 2. The van der Waals surface area contributed by atoms with Gasteiger partial charge in [-0.15, -0.1) is 0 Å². The number of aryl methyl sites for hydroxylation is 3. The molecule has 6 aromatic heterocycles. The third kappa shape index (κ3) is 7.35. The van der Waals surface area contributed by atoms with Crippen molar-refractivity contribution in [3.63, 3.8) is 0 Å². The van der Waals surface area contributed by atoms with Crippen molar-refractivity contribution in [2.24, 2.45) is 0 Å². The highest BCUT2D eigenvalue weighted by molar-refractivity contribution is 5.69. The lowest BCUT2D eigenvalue weighted by Gasteiger charge is -2.11. The number of nitrogens with zero attached hydrogens (tertiary/aromatic N) is 8. The highest BCUT2D eigenvalue weighted by Gasteiger charge is 2.21. The number of hydrogen-bond acceptors (Lipinski definition) is 11. The summed E-state index contributed by atoms with van der Waals surface area (Å²) >= 11 is 0. The Morgan fingerprint density at radius 1 is 0.545 bits per heavy atom. The molecule has 17 heteroatoms. The maximum Gasteiger partial charge on any atom is 0.207 e. The predicted molar refractivity (Wildman–Crippen MR) is 201 cm³/mol. The van der Waals surface area contributed by atoms with E-state index >= 15 is 0 Å². The zero-order valence-corrected chi connectivity index (χ0v) is 29.7. The highest BCUT2D eigenvalue weighted by Crippen LogP contribution is 2.30. The lowest BCUT2D eigenvalue weighted by atomic mass is 10.2. The van der Waals surface area contributed by atoms with Gasteiger partial charge in [-0.3, -0.25) is 8.80 Å². The van der Waals surface area contributed by atoms with E-state index in [0.717, 1.165) is 5.56 Å². The van der Waals surface area contributed by atoms with Crippen LogP contribution in [0.15, 0.2) is 85.2 Å². The van der Waals surface area contributed by atoms with Crippen molar-refractivity contribution in [3.8, 4) is 28.8 Å². The molecule has 0 atom stereocenters. The normalized spacial score (nSPS) is 11.1. The minimum Gasteiger partial charge on any atom is -0.497 e. The number of nitrogens with two attached hydrogens (primary N) is 2. The fraction of sp³-hybridized carbons (Fsp3) is 0.105. The first-order valence-electron chi connectivity index (χ1n) is 16.6. The summed E-state index contributed by atoms with van der Waals surface area (Å²) in [7, 11) is 1.56. The number of methoxy groups -OCH3 is 1. The van der Waals surface area contributed by atoms with Crippen LogP contribution in [0.25, 0.3) is 34.3 Å². The average Bonchev–Trinajstić information content (AvgIpc) is 3.67. The van der Waals surface area contributed by atoms with E-state index in [4.69, 9.17) is 16.2 Å². The summed E-state index contributed by atoms with van der Waals surface area (Å²) in [5.41, 5.74) is 16.9. The van der Waals surface area contributed by atoms with Gasteiger partial charge < -0.3 is 26.8 Å². The molecule has 2 aromatic carbocycles. The summed E-state index contributed by atoms with van der Waals surface area (Å²) < 4.78 is 64.5. The Morgan fingerprint density at radius 3 is 1.38 bits per heavy atom. The molecule has 13 nitrogen and oxygen atoms in total. The average molecular weight is 749 g/mol. The second kappa shape index (κ2) is 14.6. The van der Waals surface area contributed by atoms with Crippen LogP contribution in [-0.4, -0.2) is 45.8 Å². The van der Waals surface area contributed by atoms with Crippen LogP contribution in [0.5, 0.6) is 5.75 Å². The summed E-state index contributed by atoms with van der Waals surface area (Å²) in [4.78, 5) is 25.3. The molecule has 0 unspecified atom stereocenters. The zero-order valence-electron chi connectivity index (χ0n) is 29.7. The number of nitrogens with one attached hydrogen (secondary N) is 2. The molecule has 0 radical (unpaired) electrons. The van der Waals surface area contributed by atoms with E-state index < -0.39 is 23.3 Å². The van der Waals surface area contributed by atoms with Crippen molar-refractivity contribution < 1.29 is 22.3 Å². The molecule has 0 bridgehead atoms. The summed E-state index contributed by atoms with van der Waals surface area (Å²) in [6, 6.07) is 20.0. The number of fused-ring (bicyclic) bond motifs is 2. The van der Waals surface area contributed by atoms with Crippen LogP contribution in [0, 0.1) is 44.0 Å². The van der Waals surface area contributed by atoms with E-state index in [9.17, 15) is 17.6 Å². The number of hydrogen-bond donors (Lipinski definition) is 4. The first-order chi connectivity index (χ1) is 26.4. The fourth-order valence-electron chi connectivity index (χ4n) is 5.70. The largest absolute Gasteiger partial charge is 0.497 e. The Kier molecular flexibility index (Phi) is 9.58. The van der Waals surface area contributed by atoms with Gasteiger partial charge in [0.25, 0.3) is 0 Å². The zero-order chi connectivity index (χ0) is 39.0. The third-order valence-electron chi connectivity index (χ3n) is 8.36. The Bertz CT molecular complexity index is 2700. The van der Waals surface area contributed by atoms with Crippen LogP contribution in [0.2, 0.25) is 0 Å². The Labute approximate surface area is 310 Å². The molecule has 0 aliphatic heterocycles. The lowest BCUT2D eigenvalue weighted by Crippen LogP contribution is -2.07. The molecule has 0 saturated heterocycles. The molecule has 6 heterocycles. The number of aromatic nitrogens is 8. The van der Waals surface area contributed by atoms with Crippen LogP contribution in [-0.2, 0) is 0 Å². The fourth-order valence-corrected chi connectivity index (χ4v) is 5.70. The number of benzene rings is 2. The number of imidazole rings is 2. The van der Waals surface area contributed by atoms with Gasteiger partial charge in [0.05, 0.1) is 18.5 Å². The molecular weight excluding hydrogens is 716 g/mol. The monoisotopic (exact) mass is 748 g/mol. The maximum absolute atomic E-state index is 14.5. The first-order valence-corrected chi connectivity index (χ1v) is 16.6. The van der Waals surface area contributed by atoms with Crippen molar-refractivity contribution in [3.05, 3.63) is 125 Å². The molecular formula is C38H32F4N12O. The molecule has 0 spiro atoms. The van der Waals surface area contributed by atoms with E-state index in [0.29, 0.717) is 51.2 Å². The molecule has 0 saturated carbocycles. The molecule has 0 fully saturated rings. The van der Waals surface area contributed by atoms with Gasteiger partial charge in [0.1, 0.15) is 40.1 Å². The molecule has 278 valence electrons. The highest BCUT2D eigenvalue weighted by atomic mass is 19.1. The minimum absolute atomic E-state index is 0.0629. The van der Waals surface area contributed by atoms with Crippen LogP contribution in [0.4, 0.5) is 52.2 Å². The molecule has 0 aliphatic carbocycles. The number of pyridine rings is 2. The van der Waals surface area contributed by atoms with Crippen molar-refractivity contribution in [1.29, 1.82) is 0 Å². The Balaban J connectivity index is 0.000000169. The molecule has 55 heavy (non-hydrogen) atoms. The van der Waals surface area contributed by atoms with E-state index in [1.54, 1.807) is 51.3 Å². The van der Waals surface area contributed by atoms with Crippen molar-refractivity contribution in [2.45, 2.75) is 20.8 Å². The van der Waals surface area contributed by atoms with Crippen molar-refractivity contribution in [1.82, 2.24) is 38.7 Å². The smallest absolute Gasteiger partial charge is 0.207 e. The lowest BCUT2D eigenvalue weighted by molar-refractivity contribution is 0.415. The van der Waals surface area contributed by atoms with Crippen molar-refractivity contribution >= 4 is 45.9 Å². The maximum atomic E-state index is 14.5. The van der Waals surface area contributed by atoms with Gasteiger partial charge >= 0.3 is 0 Å². The Hall–Kier alpha value is -7.30. The molecule has 6 N–H and O–H groups in total. The van der Waals surface area contributed by atoms with E-state index in [2.05, 4.69) is 40.5 Å². The van der Waals surface area contributed by atoms with Gasteiger partial charge in [0.2, 0.25) is 11.6 Å². The number of anilines is 6. The van der Waals surface area contributed by atoms with Gasteiger partial charge in [0.15, 0.2) is 34.9 Å². The molecule has 0 aliphatic rings. The van der Waals surface area contributed by atoms with E-state index in [1.807, 2.05) is 31.2 Å². The Morgan fingerprint density at radius 2 is 0.964 bits per heavy atom. The van der Waals surface area contributed by atoms with Gasteiger partial charge in [-0.05, 0) is 81.4 Å². The van der Waals surface area contributed by atoms with E-state index in [-0.39, 0.29) is 34.9 Å². The summed E-state index contributed by atoms with van der Waals surface area (Å²) in [5.74, 6) is -2.26. The summed E-state index contributed by atoms with van der Waals surface area (Å²) in [6.07, 6.45) is 2.55. The quantitative estimate of drug-likeness (QED) is 0.118. The van der Waals surface area contributed by atoms with Gasteiger partial charge in [-0.25, -0.2) is 38.7 Å². The summed E-state index contributed by atoms with van der Waals surface area (Å²) in [5, 5.41) is 5.79. The van der Waals surface area contributed by atoms with Crippen LogP contribution in [0.3, 0.4) is 0 Å². The second-order valence-electron chi connectivity index (χ2n) is 12.3. The van der Waals surface area contributed by atoms with Crippen molar-refractivity contribution in [2.75, 3.05) is 29.2 Å². The molecule has 0 amide bonds. The molecule has 8 rings (SSSR count). The first kappa shape index (κ1) is 36.1. The predicted octanol–water partition coefficient (Wildman–Crippen LogP) is 7.72. The van der Waals surface area contributed by atoms with Crippen LogP contribution in [0.1, 0.15) is 17.0 Å². The topological polar surface area (TPSA) is 171 Å². The SMILES string of the molecule is COc1ccc(Nc2nc(-c3c(C)nc4ccc(F)cn34)nc(N)c2F)cc1.Cc1ccc(Nc2nc(-c3c(C)nc4ccc(F)cn34)nc(N)c2F)cc1. The van der Waals surface area contributed by atoms with Gasteiger partial charge in [-0.2, -0.15) is 8.78 Å². The van der Waals surface area contributed by atoms with E-state index in [1.165, 1.54) is 39.4 Å². The number of rotatable bonds is 7. The van der Waals surface area contributed by atoms with Gasteiger partial charge in [-0.1, -0.05) is 17.7 Å². The minimum atomic E-state index is -0.780. The third-order valence-corrected chi connectivity index (χ3v) is 8.36.